The molecule has 0 aromatic carbocycles. The highest BCUT2D eigenvalue weighted by Gasteiger charge is 2.37. The van der Waals surface area contributed by atoms with Crippen molar-refractivity contribution in [2.45, 2.75) is 45.8 Å². The quantitative estimate of drug-likeness (QED) is 0.733. The standard InChI is InChI=1S/C17H20N6O3S/c1-8(2)14-10-5-12(27-16(10)21(4)20-14)15(24)23-7-13-19-18-9(3)22(13)6-11(23)17(25)26/h5,8,11H,6-7H2,1-4H3,(H,25,26). The van der Waals surface area contributed by atoms with E-state index >= 15 is 0 Å². The van der Waals surface area contributed by atoms with Gasteiger partial charge < -0.3 is 14.6 Å². The van der Waals surface area contributed by atoms with Gasteiger partial charge in [-0.25, -0.2) is 4.79 Å². The molecule has 0 radical (unpaired) electrons. The van der Waals surface area contributed by atoms with Crippen molar-refractivity contribution >= 4 is 33.4 Å². The van der Waals surface area contributed by atoms with E-state index in [2.05, 4.69) is 29.1 Å². The van der Waals surface area contributed by atoms with Gasteiger partial charge in [0.05, 0.1) is 23.7 Å². The maximum atomic E-state index is 13.2. The van der Waals surface area contributed by atoms with E-state index in [1.54, 1.807) is 16.2 Å². The summed E-state index contributed by atoms with van der Waals surface area (Å²) in [4.78, 5) is 27.8. The fourth-order valence-electron chi connectivity index (χ4n) is 3.48. The third-order valence-electron chi connectivity index (χ3n) is 4.90. The number of carbonyl (C=O) groups is 2. The first-order chi connectivity index (χ1) is 12.8. The minimum atomic E-state index is -1.03. The number of aromatic nitrogens is 5. The zero-order chi connectivity index (χ0) is 19.5. The molecule has 4 rings (SSSR count). The van der Waals surface area contributed by atoms with E-state index in [9.17, 15) is 14.7 Å². The Balaban J connectivity index is 1.74. The number of amides is 1. The maximum Gasteiger partial charge on any atom is 0.328 e. The van der Waals surface area contributed by atoms with Gasteiger partial charge in [-0.1, -0.05) is 13.8 Å². The molecule has 4 heterocycles. The molecule has 0 fully saturated rings. The molecule has 0 spiro atoms. The van der Waals surface area contributed by atoms with Gasteiger partial charge in [-0.15, -0.1) is 21.5 Å². The lowest BCUT2D eigenvalue weighted by Crippen LogP contribution is -2.50. The molecule has 3 aromatic heterocycles. The summed E-state index contributed by atoms with van der Waals surface area (Å²) in [6, 6.07) is 0.876. The van der Waals surface area contributed by atoms with Crippen LogP contribution in [0, 0.1) is 6.92 Å². The van der Waals surface area contributed by atoms with Gasteiger partial charge >= 0.3 is 5.97 Å². The number of hydrogen-bond acceptors (Lipinski definition) is 6. The number of carboxylic acids is 1. The van der Waals surface area contributed by atoms with Gasteiger partial charge in [-0.05, 0) is 18.9 Å². The molecule has 1 aliphatic rings. The van der Waals surface area contributed by atoms with Crippen LogP contribution in [-0.4, -0.2) is 52.5 Å². The topological polar surface area (TPSA) is 106 Å². The summed E-state index contributed by atoms with van der Waals surface area (Å²) in [7, 11) is 1.85. The van der Waals surface area contributed by atoms with Crippen LogP contribution in [0.3, 0.4) is 0 Å². The molecular weight excluding hydrogens is 368 g/mol. The Kier molecular flexibility index (Phi) is 4.02. The molecular formula is C17H20N6O3S. The van der Waals surface area contributed by atoms with Crippen molar-refractivity contribution in [3.63, 3.8) is 0 Å². The second-order valence-electron chi connectivity index (χ2n) is 7.05. The van der Waals surface area contributed by atoms with Crippen LogP contribution in [-0.2, 0) is 24.9 Å². The monoisotopic (exact) mass is 388 g/mol. The number of rotatable bonds is 3. The van der Waals surface area contributed by atoms with Crippen molar-refractivity contribution in [3.8, 4) is 0 Å². The number of carbonyl (C=O) groups excluding carboxylic acids is 1. The minimum absolute atomic E-state index is 0.125. The van der Waals surface area contributed by atoms with Crippen molar-refractivity contribution in [1.29, 1.82) is 0 Å². The van der Waals surface area contributed by atoms with Gasteiger partial charge in [0.1, 0.15) is 16.7 Å². The number of carboxylic acid groups (broad SMARTS) is 1. The van der Waals surface area contributed by atoms with Crippen molar-refractivity contribution in [2.24, 2.45) is 7.05 Å². The zero-order valence-electron chi connectivity index (χ0n) is 15.5. The molecule has 0 aliphatic carbocycles. The minimum Gasteiger partial charge on any atom is -0.480 e. The molecule has 3 aromatic rings. The van der Waals surface area contributed by atoms with Crippen molar-refractivity contribution in [2.75, 3.05) is 0 Å². The number of hydrogen-bond donors (Lipinski definition) is 1. The number of aliphatic carboxylic acids is 1. The lowest BCUT2D eigenvalue weighted by molar-refractivity contribution is -0.143. The highest BCUT2D eigenvalue weighted by Crippen LogP contribution is 2.33. The molecule has 9 nitrogen and oxygen atoms in total. The molecule has 1 unspecified atom stereocenters. The summed E-state index contributed by atoms with van der Waals surface area (Å²) in [5, 5.41) is 23.2. The highest BCUT2D eigenvalue weighted by molar-refractivity contribution is 7.20. The lowest BCUT2D eigenvalue weighted by atomic mass is 10.1. The van der Waals surface area contributed by atoms with Crippen molar-refractivity contribution in [3.05, 3.63) is 28.3 Å². The summed E-state index contributed by atoms with van der Waals surface area (Å²) in [6.07, 6.45) is 0. The molecule has 142 valence electrons. The molecule has 1 N–H and O–H groups in total. The van der Waals surface area contributed by atoms with E-state index < -0.39 is 12.0 Å². The second kappa shape index (κ2) is 6.15. The Bertz CT molecular complexity index is 1060. The van der Waals surface area contributed by atoms with Crippen LogP contribution in [0.15, 0.2) is 6.07 Å². The molecule has 27 heavy (non-hydrogen) atoms. The SMILES string of the molecule is Cc1nnc2n1CC(C(=O)O)N(C(=O)c1cc3c(C(C)C)nn(C)c3s1)C2. The van der Waals surface area contributed by atoms with Gasteiger partial charge in [0.15, 0.2) is 5.82 Å². The fraction of sp³-hybridized carbons (Fsp3) is 0.471. The molecule has 0 saturated heterocycles. The van der Waals surface area contributed by atoms with Crippen molar-refractivity contribution in [1.82, 2.24) is 29.4 Å². The van der Waals surface area contributed by atoms with Gasteiger partial charge in [-0.2, -0.15) is 5.10 Å². The van der Waals surface area contributed by atoms with E-state index in [0.29, 0.717) is 16.5 Å². The third-order valence-corrected chi connectivity index (χ3v) is 6.09. The predicted octanol–water partition coefficient (Wildman–Crippen LogP) is 1.77. The highest BCUT2D eigenvalue weighted by atomic mass is 32.1. The van der Waals surface area contributed by atoms with E-state index in [4.69, 9.17) is 0 Å². The van der Waals surface area contributed by atoms with Crippen LogP contribution in [0.4, 0.5) is 0 Å². The summed E-state index contributed by atoms with van der Waals surface area (Å²) in [5.41, 5.74) is 0.937. The lowest BCUT2D eigenvalue weighted by Gasteiger charge is -2.33. The Morgan fingerprint density at radius 2 is 2.07 bits per heavy atom. The first-order valence-electron chi connectivity index (χ1n) is 8.66. The predicted molar refractivity (Wildman–Crippen MR) is 98.7 cm³/mol. The second-order valence-corrected chi connectivity index (χ2v) is 8.08. The van der Waals surface area contributed by atoms with Gasteiger partial charge in [0.2, 0.25) is 0 Å². The average molecular weight is 388 g/mol. The van der Waals surface area contributed by atoms with E-state index in [0.717, 1.165) is 15.9 Å². The maximum absolute atomic E-state index is 13.2. The number of fused-ring (bicyclic) bond motifs is 2. The molecule has 1 amide bonds. The summed E-state index contributed by atoms with van der Waals surface area (Å²) in [5.74, 6) is 0.148. The Morgan fingerprint density at radius 3 is 2.74 bits per heavy atom. The average Bonchev–Trinajstić information content (AvgIpc) is 3.28. The van der Waals surface area contributed by atoms with Crippen LogP contribution in [0.1, 0.15) is 46.8 Å². The summed E-state index contributed by atoms with van der Waals surface area (Å²) < 4.78 is 3.53. The normalized spacial score (nSPS) is 16.9. The number of nitrogens with zero attached hydrogens (tertiary/aromatic N) is 6. The Hall–Kier alpha value is -2.75. The summed E-state index contributed by atoms with van der Waals surface area (Å²) in [6.45, 7) is 6.17. The van der Waals surface area contributed by atoms with E-state index in [1.807, 2.05) is 13.1 Å². The molecule has 0 saturated carbocycles. The van der Waals surface area contributed by atoms with Gasteiger partial charge in [0, 0.05) is 12.4 Å². The first-order valence-corrected chi connectivity index (χ1v) is 9.48. The van der Waals surface area contributed by atoms with Gasteiger partial charge in [-0.3, -0.25) is 9.48 Å². The Morgan fingerprint density at radius 1 is 1.33 bits per heavy atom. The number of aryl methyl sites for hydroxylation is 2. The van der Waals surface area contributed by atoms with E-state index in [-0.39, 0.29) is 24.9 Å². The van der Waals surface area contributed by atoms with Crippen LogP contribution in [0.25, 0.3) is 10.2 Å². The van der Waals surface area contributed by atoms with E-state index in [1.165, 1.54) is 16.2 Å². The molecule has 1 atom stereocenters. The van der Waals surface area contributed by atoms with Gasteiger partial charge in [0.25, 0.3) is 5.91 Å². The van der Waals surface area contributed by atoms with Crippen LogP contribution in [0.5, 0.6) is 0 Å². The molecule has 0 bridgehead atoms. The molecule has 1 aliphatic heterocycles. The third kappa shape index (κ3) is 2.71. The smallest absolute Gasteiger partial charge is 0.328 e. The largest absolute Gasteiger partial charge is 0.480 e. The zero-order valence-corrected chi connectivity index (χ0v) is 16.3. The molecule has 10 heteroatoms. The van der Waals surface area contributed by atoms with Crippen molar-refractivity contribution < 1.29 is 14.7 Å². The Labute approximate surface area is 159 Å². The van der Waals surface area contributed by atoms with Crippen LogP contribution in [0.2, 0.25) is 0 Å². The van der Waals surface area contributed by atoms with Crippen LogP contribution >= 0.6 is 11.3 Å². The first kappa shape index (κ1) is 17.7. The summed E-state index contributed by atoms with van der Waals surface area (Å²) >= 11 is 1.34. The fourth-order valence-corrected chi connectivity index (χ4v) is 4.51. The van der Waals surface area contributed by atoms with Crippen LogP contribution < -0.4 is 0 Å². The number of thiophene rings is 1.